The Balaban J connectivity index is 1.99. The molecule has 2 rings (SSSR count). The minimum atomic E-state index is -0.247. The summed E-state index contributed by atoms with van der Waals surface area (Å²) in [5, 5.41) is 9.60. The van der Waals surface area contributed by atoms with Crippen molar-refractivity contribution < 1.29 is 4.79 Å². The second kappa shape index (κ2) is 7.78. The Morgan fingerprint density at radius 3 is 2.90 bits per heavy atom. The van der Waals surface area contributed by atoms with Gasteiger partial charge in [-0.25, -0.2) is 4.98 Å². The molecule has 6 nitrogen and oxygen atoms in total. The Hall–Kier alpha value is -1.89. The SMILES string of the molecule is CCCNc1nc(NCCCCC(N)=O)c2ccsc2n1. The Morgan fingerprint density at radius 1 is 1.29 bits per heavy atom. The molecular weight excluding hydrogens is 286 g/mol. The summed E-state index contributed by atoms with van der Waals surface area (Å²) in [6, 6.07) is 2.02. The summed E-state index contributed by atoms with van der Waals surface area (Å²) in [6.45, 7) is 3.73. The zero-order valence-electron chi connectivity index (χ0n) is 12.2. The van der Waals surface area contributed by atoms with Gasteiger partial charge in [-0.05, 0) is 30.7 Å². The second-order valence-electron chi connectivity index (χ2n) is 4.81. The average Bonchev–Trinajstić information content (AvgIpc) is 2.92. The lowest BCUT2D eigenvalue weighted by Gasteiger charge is -2.09. The number of nitrogens with zero attached hydrogens (tertiary/aromatic N) is 2. The van der Waals surface area contributed by atoms with E-state index in [-0.39, 0.29) is 5.91 Å². The number of hydrogen-bond donors (Lipinski definition) is 3. The van der Waals surface area contributed by atoms with Gasteiger partial charge in [0.15, 0.2) is 0 Å². The lowest BCUT2D eigenvalue weighted by Crippen LogP contribution is -2.11. The van der Waals surface area contributed by atoms with E-state index in [9.17, 15) is 4.79 Å². The molecule has 0 bridgehead atoms. The standard InChI is InChI=1S/C14H21N5OS/c1-2-7-17-14-18-12(10-6-9-21-13(10)19-14)16-8-4-3-5-11(15)20/h6,9H,2-5,7-8H2,1H3,(H2,15,20)(H2,16,17,18,19). The van der Waals surface area contributed by atoms with Gasteiger partial charge in [-0.15, -0.1) is 11.3 Å². The fourth-order valence-electron chi connectivity index (χ4n) is 1.94. The zero-order valence-corrected chi connectivity index (χ0v) is 13.0. The van der Waals surface area contributed by atoms with Gasteiger partial charge in [-0.2, -0.15) is 4.98 Å². The molecule has 0 radical (unpaired) electrons. The summed E-state index contributed by atoms with van der Waals surface area (Å²) in [5.41, 5.74) is 5.13. The number of hydrogen-bond acceptors (Lipinski definition) is 6. The molecule has 0 spiro atoms. The third-order valence-corrected chi connectivity index (χ3v) is 3.81. The van der Waals surface area contributed by atoms with E-state index in [0.29, 0.717) is 12.4 Å². The van der Waals surface area contributed by atoms with Crippen molar-refractivity contribution in [1.82, 2.24) is 9.97 Å². The molecule has 2 aromatic heterocycles. The number of primary amides is 1. The third-order valence-electron chi connectivity index (χ3n) is 3.00. The van der Waals surface area contributed by atoms with Gasteiger partial charge >= 0.3 is 0 Å². The highest BCUT2D eigenvalue weighted by molar-refractivity contribution is 7.16. The zero-order chi connectivity index (χ0) is 15.1. The van der Waals surface area contributed by atoms with Gasteiger partial charge in [-0.3, -0.25) is 4.79 Å². The maximum Gasteiger partial charge on any atom is 0.226 e. The first-order valence-corrected chi connectivity index (χ1v) is 8.10. The molecule has 0 aliphatic heterocycles. The molecule has 0 unspecified atom stereocenters. The van der Waals surface area contributed by atoms with Crippen molar-refractivity contribution in [3.05, 3.63) is 11.4 Å². The van der Waals surface area contributed by atoms with Crippen LogP contribution in [-0.2, 0) is 4.79 Å². The minimum absolute atomic E-state index is 0.247. The van der Waals surface area contributed by atoms with Crippen molar-refractivity contribution in [3.8, 4) is 0 Å². The number of fused-ring (bicyclic) bond motifs is 1. The number of anilines is 2. The fourth-order valence-corrected chi connectivity index (χ4v) is 2.70. The predicted octanol–water partition coefficient (Wildman–Crippen LogP) is 2.58. The first-order valence-electron chi connectivity index (χ1n) is 7.22. The van der Waals surface area contributed by atoms with Crippen LogP contribution >= 0.6 is 11.3 Å². The highest BCUT2D eigenvalue weighted by Crippen LogP contribution is 2.26. The molecule has 0 atom stereocenters. The number of carbonyl (C=O) groups excluding carboxylic acids is 1. The molecule has 7 heteroatoms. The Labute approximate surface area is 128 Å². The fraction of sp³-hybridized carbons (Fsp3) is 0.500. The van der Waals surface area contributed by atoms with E-state index in [0.717, 1.165) is 48.4 Å². The van der Waals surface area contributed by atoms with Crippen LogP contribution in [0.1, 0.15) is 32.6 Å². The number of amides is 1. The number of thiophene rings is 1. The molecule has 2 heterocycles. The van der Waals surface area contributed by atoms with Crippen LogP contribution in [0, 0.1) is 0 Å². The van der Waals surface area contributed by atoms with Crippen LogP contribution < -0.4 is 16.4 Å². The van der Waals surface area contributed by atoms with E-state index in [1.165, 1.54) is 0 Å². The van der Waals surface area contributed by atoms with Crippen LogP contribution in [0.2, 0.25) is 0 Å². The van der Waals surface area contributed by atoms with Crippen molar-refractivity contribution in [2.45, 2.75) is 32.6 Å². The number of nitrogens with one attached hydrogen (secondary N) is 2. The molecule has 0 saturated heterocycles. The number of unbranched alkanes of at least 4 members (excludes halogenated alkanes) is 1. The minimum Gasteiger partial charge on any atom is -0.370 e. The highest BCUT2D eigenvalue weighted by Gasteiger charge is 2.08. The lowest BCUT2D eigenvalue weighted by molar-refractivity contribution is -0.118. The van der Waals surface area contributed by atoms with Crippen LogP contribution in [0.25, 0.3) is 10.2 Å². The van der Waals surface area contributed by atoms with Crippen molar-refractivity contribution in [3.63, 3.8) is 0 Å². The molecule has 0 aliphatic carbocycles. The summed E-state index contributed by atoms with van der Waals surface area (Å²) in [6.07, 6.45) is 3.14. The van der Waals surface area contributed by atoms with Crippen LogP contribution in [0.4, 0.5) is 11.8 Å². The number of nitrogens with two attached hydrogens (primary N) is 1. The normalized spacial score (nSPS) is 10.7. The molecule has 114 valence electrons. The second-order valence-corrected chi connectivity index (χ2v) is 5.71. The van der Waals surface area contributed by atoms with Crippen molar-refractivity contribution in [1.29, 1.82) is 0 Å². The van der Waals surface area contributed by atoms with Crippen LogP contribution in [0.15, 0.2) is 11.4 Å². The van der Waals surface area contributed by atoms with Crippen LogP contribution in [-0.4, -0.2) is 29.0 Å². The monoisotopic (exact) mass is 307 g/mol. The van der Waals surface area contributed by atoms with Crippen LogP contribution in [0.3, 0.4) is 0 Å². The topological polar surface area (TPSA) is 92.9 Å². The van der Waals surface area contributed by atoms with E-state index in [4.69, 9.17) is 5.73 Å². The molecule has 0 aromatic carbocycles. The van der Waals surface area contributed by atoms with Crippen LogP contribution in [0.5, 0.6) is 0 Å². The largest absolute Gasteiger partial charge is 0.370 e. The smallest absolute Gasteiger partial charge is 0.226 e. The van der Waals surface area contributed by atoms with Gasteiger partial charge in [-0.1, -0.05) is 6.92 Å². The Morgan fingerprint density at radius 2 is 2.14 bits per heavy atom. The molecule has 21 heavy (non-hydrogen) atoms. The van der Waals surface area contributed by atoms with E-state index >= 15 is 0 Å². The molecule has 4 N–H and O–H groups in total. The van der Waals surface area contributed by atoms with Gasteiger partial charge in [0.2, 0.25) is 11.9 Å². The Kier molecular flexibility index (Phi) is 5.74. The summed E-state index contributed by atoms with van der Waals surface area (Å²) in [7, 11) is 0. The molecular formula is C14H21N5OS. The summed E-state index contributed by atoms with van der Waals surface area (Å²) < 4.78 is 0. The molecule has 0 aliphatic rings. The predicted molar refractivity (Wildman–Crippen MR) is 87.7 cm³/mol. The molecule has 0 saturated carbocycles. The maximum absolute atomic E-state index is 10.7. The summed E-state index contributed by atoms with van der Waals surface area (Å²) in [4.78, 5) is 20.7. The molecule has 0 fully saturated rings. The van der Waals surface area contributed by atoms with Gasteiger partial charge < -0.3 is 16.4 Å². The van der Waals surface area contributed by atoms with Crippen molar-refractivity contribution in [2.24, 2.45) is 5.73 Å². The average molecular weight is 307 g/mol. The van der Waals surface area contributed by atoms with Gasteiger partial charge in [0, 0.05) is 19.5 Å². The van der Waals surface area contributed by atoms with Crippen molar-refractivity contribution >= 4 is 39.2 Å². The lowest BCUT2D eigenvalue weighted by atomic mass is 10.2. The molecule has 1 amide bonds. The van der Waals surface area contributed by atoms with E-state index in [1.54, 1.807) is 11.3 Å². The Bertz CT molecular complexity index is 598. The third kappa shape index (κ3) is 4.56. The van der Waals surface area contributed by atoms with Gasteiger partial charge in [0.1, 0.15) is 10.6 Å². The number of rotatable bonds is 9. The van der Waals surface area contributed by atoms with E-state index < -0.39 is 0 Å². The number of aromatic nitrogens is 2. The van der Waals surface area contributed by atoms with Gasteiger partial charge in [0.05, 0.1) is 5.39 Å². The first kappa shape index (κ1) is 15.5. The van der Waals surface area contributed by atoms with E-state index in [1.807, 2.05) is 11.4 Å². The van der Waals surface area contributed by atoms with Gasteiger partial charge in [0.25, 0.3) is 0 Å². The first-order chi connectivity index (χ1) is 10.2. The van der Waals surface area contributed by atoms with Crippen molar-refractivity contribution in [2.75, 3.05) is 23.7 Å². The highest BCUT2D eigenvalue weighted by atomic mass is 32.1. The maximum atomic E-state index is 10.7. The number of carbonyl (C=O) groups is 1. The summed E-state index contributed by atoms with van der Waals surface area (Å²) >= 11 is 1.60. The quantitative estimate of drug-likeness (QED) is 0.619. The molecule has 2 aromatic rings. The summed E-state index contributed by atoms with van der Waals surface area (Å²) in [5.74, 6) is 1.26. The van der Waals surface area contributed by atoms with E-state index in [2.05, 4.69) is 27.5 Å².